The first-order chi connectivity index (χ1) is 8.97. The summed E-state index contributed by atoms with van der Waals surface area (Å²) < 4.78 is 0.488. The first-order valence-corrected chi connectivity index (χ1v) is 6.51. The van der Waals surface area contributed by atoms with Gasteiger partial charge in [-0.1, -0.05) is 23.2 Å². The van der Waals surface area contributed by atoms with Gasteiger partial charge in [0.15, 0.2) is 10.3 Å². The maximum absolute atomic E-state index is 11.0. The second kappa shape index (κ2) is 5.73. The van der Waals surface area contributed by atoms with Crippen LogP contribution in [0.4, 0.5) is 11.4 Å². The minimum absolute atomic E-state index is 0.134. The lowest BCUT2D eigenvalue weighted by molar-refractivity contribution is 0.0696. The first-order valence-electron chi connectivity index (χ1n) is 4.96. The number of rotatable bonds is 3. The van der Waals surface area contributed by atoms with Gasteiger partial charge in [0.05, 0.1) is 11.3 Å². The third kappa shape index (κ3) is 3.34. The van der Waals surface area contributed by atoms with Gasteiger partial charge in [-0.05, 0) is 34.1 Å². The van der Waals surface area contributed by atoms with Gasteiger partial charge in [0.1, 0.15) is 0 Å². The molecule has 0 unspecified atom stereocenters. The molecule has 0 bridgehead atoms. The van der Waals surface area contributed by atoms with Crippen LogP contribution >= 0.6 is 39.1 Å². The third-order valence-electron chi connectivity index (χ3n) is 2.19. The summed E-state index contributed by atoms with van der Waals surface area (Å²) in [6, 6.07) is 6.29. The van der Waals surface area contributed by atoms with E-state index in [4.69, 9.17) is 28.3 Å². The van der Waals surface area contributed by atoms with Crippen molar-refractivity contribution in [3.63, 3.8) is 0 Å². The largest absolute Gasteiger partial charge is 0.478 e. The van der Waals surface area contributed by atoms with Crippen molar-refractivity contribution in [1.82, 2.24) is 10.2 Å². The Labute approximate surface area is 126 Å². The van der Waals surface area contributed by atoms with Gasteiger partial charge in [0.25, 0.3) is 0 Å². The Balaban J connectivity index is 2.36. The summed E-state index contributed by atoms with van der Waals surface area (Å²) in [4.78, 5) is 11.0. The van der Waals surface area contributed by atoms with Crippen LogP contribution in [0.5, 0.6) is 0 Å². The van der Waals surface area contributed by atoms with E-state index in [1.54, 1.807) is 12.1 Å². The van der Waals surface area contributed by atoms with E-state index in [0.717, 1.165) is 0 Å². The van der Waals surface area contributed by atoms with Gasteiger partial charge in [-0.15, -0.1) is 10.2 Å². The summed E-state index contributed by atoms with van der Waals surface area (Å²) >= 11 is 14.7. The molecule has 0 saturated carbocycles. The maximum atomic E-state index is 11.0. The van der Waals surface area contributed by atoms with Crippen LogP contribution in [0, 0.1) is 0 Å². The van der Waals surface area contributed by atoms with Crippen molar-refractivity contribution in [2.24, 2.45) is 0 Å². The van der Waals surface area contributed by atoms with Crippen molar-refractivity contribution < 1.29 is 9.90 Å². The molecule has 19 heavy (non-hydrogen) atoms. The fraction of sp³-hybridized carbons (Fsp3) is 0. The molecule has 0 aliphatic rings. The molecule has 8 heteroatoms. The zero-order chi connectivity index (χ0) is 14.0. The average molecular weight is 363 g/mol. The van der Waals surface area contributed by atoms with Crippen LogP contribution in [0.25, 0.3) is 0 Å². The molecule has 2 aromatic rings. The van der Waals surface area contributed by atoms with E-state index in [2.05, 4.69) is 31.4 Å². The van der Waals surface area contributed by atoms with E-state index < -0.39 is 5.97 Å². The van der Waals surface area contributed by atoms with E-state index in [1.807, 2.05) is 0 Å². The van der Waals surface area contributed by atoms with Crippen LogP contribution in [0.15, 0.2) is 28.7 Å². The highest BCUT2D eigenvalue weighted by Crippen LogP contribution is 2.27. The van der Waals surface area contributed by atoms with Crippen LogP contribution < -0.4 is 5.32 Å². The molecule has 1 heterocycles. The summed E-state index contributed by atoms with van der Waals surface area (Å²) in [6.07, 6.45) is 0. The fourth-order valence-corrected chi connectivity index (χ4v) is 2.07. The minimum atomic E-state index is -1.03. The normalized spacial score (nSPS) is 10.3. The molecule has 5 nitrogen and oxygen atoms in total. The number of hydrogen-bond acceptors (Lipinski definition) is 4. The number of carbonyl (C=O) groups is 1. The Bertz CT molecular complexity index is 652. The fourth-order valence-electron chi connectivity index (χ4n) is 1.36. The van der Waals surface area contributed by atoms with Crippen molar-refractivity contribution >= 4 is 56.5 Å². The SMILES string of the molecule is O=C(O)c1cc(Nc2cc(Cl)nnc2Cl)ccc1Br. The van der Waals surface area contributed by atoms with Crippen LogP contribution in [0.1, 0.15) is 10.4 Å². The second-order valence-electron chi connectivity index (χ2n) is 3.50. The van der Waals surface area contributed by atoms with Crippen LogP contribution in [-0.2, 0) is 0 Å². The number of anilines is 2. The van der Waals surface area contributed by atoms with Crippen molar-refractivity contribution in [1.29, 1.82) is 0 Å². The lowest BCUT2D eigenvalue weighted by Crippen LogP contribution is -2.00. The summed E-state index contributed by atoms with van der Waals surface area (Å²) in [7, 11) is 0. The molecule has 0 fully saturated rings. The molecule has 0 spiro atoms. The molecular formula is C11H6BrCl2N3O2. The number of carboxylic acid groups (broad SMARTS) is 1. The van der Waals surface area contributed by atoms with Crippen LogP contribution in [0.3, 0.4) is 0 Å². The Morgan fingerprint density at radius 2 is 2.00 bits per heavy atom. The molecule has 0 radical (unpaired) electrons. The van der Waals surface area contributed by atoms with Gasteiger partial charge < -0.3 is 10.4 Å². The molecule has 0 saturated heterocycles. The molecule has 1 aromatic heterocycles. The molecule has 2 rings (SSSR count). The van der Waals surface area contributed by atoms with Gasteiger partial charge in [0, 0.05) is 16.2 Å². The second-order valence-corrected chi connectivity index (χ2v) is 5.10. The summed E-state index contributed by atoms with van der Waals surface area (Å²) in [5.74, 6) is -1.03. The van der Waals surface area contributed by atoms with Crippen molar-refractivity contribution in [2.45, 2.75) is 0 Å². The quantitative estimate of drug-likeness (QED) is 0.863. The number of hydrogen-bond donors (Lipinski definition) is 2. The number of aromatic carboxylic acids is 1. The number of halogens is 3. The van der Waals surface area contributed by atoms with E-state index in [0.29, 0.717) is 15.8 Å². The summed E-state index contributed by atoms with van der Waals surface area (Å²) in [5, 5.41) is 19.5. The van der Waals surface area contributed by atoms with Crippen molar-refractivity contribution in [2.75, 3.05) is 5.32 Å². The number of aromatic nitrogens is 2. The van der Waals surface area contributed by atoms with Gasteiger partial charge in [0.2, 0.25) is 0 Å². The average Bonchev–Trinajstić information content (AvgIpc) is 2.36. The van der Waals surface area contributed by atoms with E-state index >= 15 is 0 Å². The molecule has 2 N–H and O–H groups in total. The Hall–Kier alpha value is -1.37. The van der Waals surface area contributed by atoms with Crippen LogP contribution in [-0.4, -0.2) is 21.3 Å². The maximum Gasteiger partial charge on any atom is 0.336 e. The van der Waals surface area contributed by atoms with E-state index in [-0.39, 0.29) is 15.9 Å². The smallest absolute Gasteiger partial charge is 0.336 e. The highest BCUT2D eigenvalue weighted by molar-refractivity contribution is 9.10. The molecule has 1 aromatic carbocycles. The highest BCUT2D eigenvalue weighted by Gasteiger charge is 2.10. The summed E-state index contributed by atoms with van der Waals surface area (Å²) in [5.41, 5.74) is 1.13. The van der Waals surface area contributed by atoms with Gasteiger partial charge >= 0.3 is 5.97 Å². The molecular weight excluding hydrogens is 357 g/mol. The van der Waals surface area contributed by atoms with Gasteiger partial charge in [-0.3, -0.25) is 0 Å². The molecule has 0 aliphatic carbocycles. The van der Waals surface area contributed by atoms with Crippen molar-refractivity contribution in [3.05, 3.63) is 44.6 Å². The monoisotopic (exact) mass is 361 g/mol. The standard InChI is InChI=1S/C11H6BrCl2N3O2/c12-7-2-1-5(3-6(7)11(18)19)15-8-4-9(13)16-17-10(8)14/h1-4H,(H,15,16)(H,18,19). The Morgan fingerprint density at radius 3 is 2.68 bits per heavy atom. The molecule has 0 aliphatic heterocycles. The van der Waals surface area contributed by atoms with E-state index in [9.17, 15) is 4.79 Å². The predicted molar refractivity (Wildman–Crippen MR) is 76.4 cm³/mol. The number of nitrogens with one attached hydrogen (secondary N) is 1. The number of nitrogens with zero attached hydrogens (tertiary/aromatic N) is 2. The minimum Gasteiger partial charge on any atom is -0.478 e. The first kappa shape index (κ1) is 14.0. The number of carboxylic acids is 1. The van der Waals surface area contributed by atoms with E-state index in [1.165, 1.54) is 12.1 Å². The topological polar surface area (TPSA) is 75.1 Å². The zero-order valence-corrected chi connectivity index (χ0v) is 12.3. The Kier molecular flexibility index (Phi) is 4.24. The number of benzene rings is 1. The highest BCUT2D eigenvalue weighted by atomic mass is 79.9. The summed E-state index contributed by atoms with van der Waals surface area (Å²) in [6.45, 7) is 0. The van der Waals surface area contributed by atoms with Crippen molar-refractivity contribution in [3.8, 4) is 0 Å². The molecule has 0 amide bonds. The molecule has 98 valence electrons. The lowest BCUT2D eigenvalue weighted by Gasteiger charge is -2.09. The van der Waals surface area contributed by atoms with Gasteiger partial charge in [-0.25, -0.2) is 4.79 Å². The zero-order valence-electron chi connectivity index (χ0n) is 9.19. The molecule has 0 atom stereocenters. The van der Waals surface area contributed by atoms with Gasteiger partial charge in [-0.2, -0.15) is 0 Å². The predicted octanol–water partition coefficient (Wildman–Crippen LogP) is 3.99. The Morgan fingerprint density at radius 1 is 1.26 bits per heavy atom. The lowest BCUT2D eigenvalue weighted by atomic mass is 10.2. The van der Waals surface area contributed by atoms with Crippen LogP contribution in [0.2, 0.25) is 10.3 Å². The third-order valence-corrected chi connectivity index (χ3v) is 3.35.